The van der Waals surface area contributed by atoms with Crippen LogP contribution < -0.4 is 15.0 Å². The molecule has 0 bridgehead atoms. The van der Waals surface area contributed by atoms with Crippen molar-refractivity contribution in [2.24, 2.45) is 0 Å². The van der Waals surface area contributed by atoms with Crippen molar-refractivity contribution < 1.29 is 28.2 Å². The summed E-state index contributed by atoms with van der Waals surface area (Å²) in [5, 5.41) is 11.3. The lowest BCUT2D eigenvalue weighted by molar-refractivity contribution is -0.120. The lowest BCUT2D eigenvalue weighted by atomic mass is 10.1. The highest BCUT2D eigenvalue weighted by atomic mass is 19.1. The van der Waals surface area contributed by atoms with E-state index in [2.05, 4.69) is 10.1 Å². The van der Waals surface area contributed by atoms with Crippen LogP contribution in [0.2, 0.25) is 0 Å². The minimum Gasteiger partial charge on any atom is -0.456 e. The van der Waals surface area contributed by atoms with Gasteiger partial charge in [-0.15, -0.1) is 0 Å². The number of imide groups is 1. The fraction of sp³-hybridized carbons (Fsp3) is 0.0526. The van der Waals surface area contributed by atoms with Gasteiger partial charge < -0.3 is 9.47 Å². The molecular formula is C19H12FN3O5. The van der Waals surface area contributed by atoms with Gasteiger partial charge in [-0.25, -0.2) is 14.1 Å². The van der Waals surface area contributed by atoms with Crippen molar-refractivity contribution in [3.8, 4) is 17.6 Å². The zero-order chi connectivity index (χ0) is 20.3. The van der Waals surface area contributed by atoms with Crippen molar-refractivity contribution >= 4 is 23.6 Å². The average molecular weight is 381 g/mol. The number of nitriles is 1. The molecule has 0 aliphatic carbocycles. The molecule has 1 heterocycles. The summed E-state index contributed by atoms with van der Waals surface area (Å²) in [4.78, 5) is 36.5. The van der Waals surface area contributed by atoms with Gasteiger partial charge in [0.2, 0.25) is 0 Å². The molecule has 8 nitrogen and oxygen atoms in total. The van der Waals surface area contributed by atoms with Gasteiger partial charge in [0.05, 0.1) is 18.4 Å². The molecule has 28 heavy (non-hydrogen) atoms. The molecule has 0 spiro atoms. The summed E-state index contributed by atoms with van der Waals surface area (Å²) in [6, 6.07) is 12.1. The molecule has 0 saturated heterocycles. The Bertz CT molecular complexity index is 1040. The molecule has 0 radical (unpaired) electrons. The van der Waals surface area contributed by atoms with Crippen LogP contribution in [0.5, 0.6) is 11.5 Å². The number of hydrogen-bond acceptors (Lipinski definition) is 6. The van der Waals surface area contributed by atoms with Crippen molar-refractivity contribution in [1.29, 1.82) is 5.26 Å². The Kier molecular flexibility index (Phi) is 5.04. The van der Waals surface area contributed by atoms with Crippen molar-refractivity contribution in [2.45, 2.75) is 0 Å². The molecule has 1 aliphatic rings. The molecule has 0 unspecified atom stereocenters. The second-order valence-electron chi connectivity index (χ2n) is 5.48. The first-order chi connectivity index (χ1) is 13.4. The molecule has 140 valence electrons. The normalized spacial score (nSPS) is 13.0. The standard InChI is InChI=1S/C19H12FN3O5/c1-27-19(26)22-14-8-17(24)23(18(14)25)15-9-16(11(10-21)7-13(15)20)28-12-5-3-2-4-6-12/h2-9H,1H3,(H,22,26). The van der Waals surface area contributed by atoms with Crippen LogP contribution in [-0.4, -0.2) is 25.0 Å². The molecular weight excluding hydrogens is 369 g/mol. The number of anilines is 1. The number of alkyl carbamates (subject to hydrolysis) is 1. The van der Waals surface area contributed by atoms with Crippen LogP contribution >= 0.6 is 0 Å². The molecule has 0 saturated carbocycles. The quantitative estimate of drug-likeness (QED) is 0.816. The number of para-hydroxylation sites is 1. The fourth-order valence-electron chi connectivity index (χ4n) is 2.45. The molecule has 3 amide bonds. The summed E-state index contributed by atoms with van der Waals surface area (Å²) < 4.78 is 24.5. The Morgan fingerprint density at radius 3 is 2.57 bits per heavy atom. The predicted octanol–water partition coefficient (Wildman–Crippen LogP) is 2.60. The Morgan fingerprint density at radius 2 is 1.93 bits per heavy atom. The topological polar surface area (TPSA) is 109 Å². The lowest BCUT2D eigenvalue weighted by Crippen LogP contribution is -2.35. The van der Waals surface area contributed by atoms with Gasteiger partial charge in [0.15, 0.2) is 0 Å². The maximum Gasteiger partial charge on any atom is 0.411 e. The smallest absolute Gasteiger partial charge is 0.411 e. The SMILES string of the molecule is COC(=O)NC1=CC(=O)N(c2cc(Oc3ccccc3)c(C#N)cc2F)C1=O. The minimum absolute atomic E-state index is 0.0416. The van der Waals surface area contributed by atoms with Crippen molar-refractivity contribution in [3.05, 3.63) is 65.6 Å². The van der Waals surface area contributed by atoms with Crippen LogP contribution in [0.4, 0.5) is 14.9 Å². The molecule has 1 N–H and O–H groups in total. The number of hydrogen-bond donors (Lipinski definition) is 1. The van der Waals surface area contributed by atoms with E-state index in [0.717, 1.165) is 25.3 Å². The number of amides is 3. The third-order valence-corrected chi connectivity index (χ3v) is 3.73. The van der Waals surface area contributed by atoms with Crippen LogP contribution in [0.15, 0.2) is 54.2 Å². The lowest BCUT2D eigenvalue weighted by Gasteiger charge is -2.18. The number of carbonyl (C=O) groups excluding carboxylic acids is 3. The number of nitrogens with zero attached hydrogens (tertiary/aromatic N) is 2. The van der Waals surface area contributed by atoms with Gasteiger partial charge in [0, 0.05) is 12.1 Å². The largest absolute Gasteiger partial charge is 0.456 e. The minimum atomic E-state index is -0.980. The van der Waals surface area contributed by atoms with Crippen LogP contribution in [0.25, 0.3) is 0 Å². The van der Waals surface area contributed by atoms with E-state index in [1.807, 2.05) is 0 Å². The van der Waals surface area contributed by atoms with E-state index in [1.54, 1.807) is 36.4 Å². The number of halogens is 1. The second kappa shape index (κ2) is 7.59. The first-order valence-corrected chi connectivity index (χ1v) is 7.86. The predicted molar refractivity (Wildman–Crippen MR) is 93.7 cm³/mol. The zero-order valence-corrected chi connectivity index (χ0v) is 14.4. The number of nitrogens with one attached hydrogen (secondary N) is 1. The van der Waals surface area contributed by atoms with Crippen molar-refractivity contribution in [1.82, 2.24) is 5.32 Å². The summed E-state index contributed by atoms with van der Waals surface area (Å²) in [5.74, 6) is -2.47. The maximum absolute atomic E-state index is 14.5. The third kappa shape index (κ3) is 3.52. The Balaban J connectivity index is 1.97. The van der Waals surface area contributed by atoms with Gasteiger partial charge in [-0.3, -0.25) is 14.9 Å². The molecule has 0 atom stereocenters. The van der Waals surface area contributed by atoms with Gasteiger partial charge >= 0.3 is 6.09 Å². The first kappa shape index (κ1) is 18.6. The molecule has 1 aliphatic heterocycles. The van der Waals surface area contributed by atoms with E-state index in [9.17, 15) is 24.0 Å². The van der Waals surface area contributed by atoms with Gasteiger partial charge in [-0.2, -0.15) is 5.26 Å². The summed E-state index contributed by atoms with van der Waals surface area (Å²) >= 11 is 0. The number of methoxy groups -OCH3 is 1. The molecule has 0 aromatic heterocycles. The van der Waals surface area contributed by atoms with Gasteiger partial charge in [0.25, 0.3) is 11.8 Å². The summed E-state index contributed by atoms with van der Waals surface area (Å²) in [6.07, 6.45) is -0.114. The molecule has 2 aromatic rings. The van der Waals surface area contributed by atoms with E-state index < -0.39 is 29.4 Å². The molecule has 9 heteroatoms. The zero-order valence-electron chi connectivity index (χ0n) is 14.4. The average Bonchev–Trinajstić information content (AvgIpc) is 2.96. The Labute approximate surface area is 158 Å². The monoisotopic (exact) mass is 381 g/mol. The van der Waals surface area contributed by atoms with Crippen LogP contribution in [0.3, 0.4) is 0 Å². The summed E-state index contributed by atoms with van der Waals surface area (Å²) in [5.41, 5.74) is -0.908. The molecule has 2 aromatic carbocycles. The van der Waals surface area contributed by atoms with Gasteiger partial charge in [-0.1, -0.05) is 18.2 Å². The van der Waals surface area contributed by atoms with E-state index >= 15 is 0 Å². The van der Waals surface area contributed by atoms with Crippen LogP contribution in [0.1, 0.15) is 5.56 Å². The number of carbonyl (C=O) groups is 3. The first-order valence-electron chi connectivity index (χ1n) is 7.86. The van der Waals surface area contributed by atoms with E-state index in [-0.39, 0.29) is 17.0 Å². The summed E-state index contributed by atoms with van der Waals surface area (Å²) in [6.45, 7) is 0. The molecule has 0 fully saturated rings. The van der Waals surface area contributed by atoms with Crippen LogP contribution in [-0.2, 0) is 14.3 Å². The molecule has 3 rings (SSSR count). The Hall–Kier alpha value is -4.19. The number of ether oxygens (including phenoxy) is 2. The number of rotatable bonds is 4. The highest BCUT2D eigenvalue weighted by molar-refractivity contribution is 6.31. The van der Waals surface area contributed by atoms with E-state index in [1.165, 1.54) is 0 Å². The Morgan fingerprint density at radius 1 is 1.21 bits per heavy atom. The van der Waals surface area contributed by atoms with Crippen molar-refractivity contribution in [2.75, 3.05) is 12.0 Å². The van der Waals surface area contributed by atoms with Gasteiger partial charge in [-0.05, 0) is 18.2 Å². The van der Waals surface area contributed by atoms with Crippen LogP contribution in [0, 0.1) is 17.1 Å². The highest BCUT2D eigenvalue weighted by Crippen LogP contribution is 2.34. The third-order valence-electron chi connectivity index (χ3n) is 3.73. The maximum atomic E-state index is 14.5. The highest BCUT2D eigenvalue weighted by Gasteiger charge is 2.35. The van der Waals surface area contributed by atoms with Gasteiger partial charge in [0.1, 0.15) is 29.1 Å². The van der Waals surface area contributed by atoms with Crippen molar-refractivity contribution in [3.63, 3.8) is 0 Å². The fourth-order valence-corrected chi connectivity index (χ4v) is 2.45. The van der Waals surface area contributed by atoms with E-state index in [0.29, 0.717) is 10.6 Å². The second-order valence-corrected chi connectivity index (χ2v) is 5.48. The number of benzene rings is 2. The van der Waals surface area contributed by atoms with E-state index in [4.69, 9.17) is 4.74 Å². The summed E-state index contributed by atoms with van der Waals surface area (Å²) in [7, 11) is 1.09.